The number of ether oxygens (including phenoxy) is 1. The Bertz CT molecular complexity index is 607. The van der Waals surface area contributed by atoms with E-state index >= 15 is 0 Å². The van der Waals surface area contributed by atoms with Crippen LogP contribution in [-0.4, -0.2) is 16.5 Å². The molecule has 0 atom stereocenters. The van der Waals surface area contributed by atoms with Crippen molar-refractivity contribution < 1.29 is 9.13 Å². The first kappa shape index (κ1) is 14.7. The molecule has 2 rings (SSSR count). The van der Waals surface area contributed by atoms with Crippen LogP contribution in [0.2, 0.25) is 0 Å². The molecule has 20 heavy (non-hydrogen) atoms. The molecular weight excluding hydrogens is 325 g/mol. The zero-order valence-electron chi connectivity index (χ0n) is 11.3. The van der Waals surface area contributed by atoms with Crippen LogP contribution >= 0.6 is 15.9 Å². The lowest BCUT2D eigenvalue weighted by Gasteiger charge is -2.11. The van der Waals surface area contributed by atoms with Crippen molar-refractivity contribution in [1.29, 1.82) is 0 Å². The predicted octanol–water partition coefficient (Wildman–Crippen LogP) is 4.30. The predicted molar refractivity (Wildman–Crippen MR) is 79.7 cm³/mol. The number of halogens is 2. The van der Waals surface area contributed by atoms with Crippen LogP contribution in [0, 0.1) is 12.7 Å². The van der Waals surface area contributed by atoms with Gasteiger partial charge >= 0.3 is 0 Å². The Morgan fingerprint density at radius 1 is 1.35 bits per heavy atom. The highest BCUT2D eigenvalue weighted by Gasteiger charge is 2.10. The highest BCUT2D eigenvalue weighted by Crippen LogP contribution is 2.28. The molecule has 0 bridgehead atoms. The van der Waals surface area contributed by atoms with Gasteiger partial charge in [-0.2, -0.15) is 0 Å². The number of aromatic nitrogens is 2. The fourth-order valence-corrected chi connectivity index (χ4v) is 1.86. The van der Waals surface area contributed by atoms with E-state index in [4.69, 9.17) is 4.74 Å². The van der Waals surface area contributed by atoms with Crippen molar-refractivity contribution in [2.75, 3.05) is 11.9 Å². The van der Waals surface area contributed by atoms with Crippen molar-refractivity contribution in [3.8, 4) is 11.6 Å². The molecule has 2 aromatic rings. The van der Waals surface area contributed by atoms with Gasteiger partial charge in [-0.3, -0.25) is 0 Å². The molecule has 0 amide bonds. The van der Waals surface area contributed by atoms with Crippen LogP contribution in [0.1, 0.15) is 18.9 Å². The van der Waals surface area contributed by atoms with E-state index in [9.17, 15) is 4.39 Å². The molecule has 4 nitrogen and oxygen atoms in total. The van der Waals surface area contributed by atoms with E-state index in [1.54, 1.807) is 12.1 Å². The minimum Gasteiger partial charge on any atom is -0.438 e. The second kappa shape index (κ2) is 6.65. The number of hydrogen-bond donors (Lipinski definition) is 1. The molecule has 1 N–H and O–H groups in total. The van der Waals surface area contributed by atoms with Crippen LogP contribution in [-0.2, 0) is 0 Å². The standard InChI is InChI=1S/C14H15BrFN3O/c1-3-6-17-13-9(2)14(19-8-18-13)20-10-4-5-11(15)12(16)7-10/h4-5,7-8H,3,6H2,1-2H3,(H,17,18,19). The normalized spacial score (nSPS) is 10.4. The SMILES string of the molecule is CCCNc1ncnc(Oc2ccc(Br)c(F)c2)c1C. The Kier molecular flexibility index (Phi) is 4.89. The lowest BCUT2D eigenvalue weighted by atomic mass is 10.3. The number of rotatable bonds is 5. The molecule has 1 aromatic carbocycles. The van der Waals surface area contributed by atoms with Crippen LogP contribution in [0.4, 0.5) is 10.2 Å². The number of hydrogen-bond acceptors (Lipinski definition) is 4. The third kappa shape index (κ3) is 3.45. The van der Waals surface area contributed by atoms with Crippen LogP contribution in [0.25, 0.3) is 0 Å². The smallest absolute Gasteiger partial charge is 0.227 e. The first-order valence-electron chi connectivity index (χ1n) is 6.30. The minimum absolute atomic E-state index is 0.376. The minimum atomic E-state index is -0.376. The van der Waals surface area contributed by atoms with Gasteiger partial charge in [-0.1, -0.05) is 6.92 Å². The second-order valence-corrected chi connectivity index (χ2v) is 5.11. The molecule has 0 saturated heterocycles. The van der Waals surface area contributed by atoms with E-state index in [0.29, 0.717) is 16.1 Å². The van der Waals surface area contributed by atoms with Crippen molar-refractivity contribution in [2.24, 2.45) is 0 Å². The molecule has 6 heteroatoms. The molecule has 0 aliphatic rings. The summed E-state index contributed by atoms with van der Waals surface area (Å²) in [5.41, 5.74) is 0.796. The van der Waals surface area contributed by atoms with Gasteiger partial charge in [-0.05, 0) is 41.4 Å². The van der Waals surface area contributed by atoms with Gasteiger partial charge in [0.1, 0.15) is 23.7 Å². The first-order chi connectivity index (χ1) is 9.61. The number of nitrogens with zero attached hydrogens (tertiary/aromatic N) is 2. The monoisotopic (exact) mass is 339 g/mol. The summed E-state index contributed by atoms with van der Waals surface area (Å²) in [5, 5.41) is 3.20. The Balaban J connectivity index is 2.22. The van der Waals surface area contributed by atoms with E-state index < -0.39 is 0 Å². The first-order valence-corrected chi connectivity index (χ1v) is 7.09. The Hall–Kier alpha value is -1.69. The summed E-state index contributed by atoms with van der Waals surface area (Å²) in [6.07, 6.45) is 2.42. The molecule has 0 unspecified atom stereocenters. The van der Waals surface area contributed by atoms with E-state index in [1.807, 2.05) is 6.92 Å². The fourth-order valence-electron chi connectivity index (χ4n) is 1.61. The maximum Gasteiger partial charge on any atom is 0.227 e. The lowest BCUT2D eigenvalue weighted by molar-refractivity contribution is 0.452. The molecular formula is C14H15BrFN3O. The topological polar surface area (TPSA) is 47.0 Å². The van der Waals surface area contributed by atoms with Gasteiger partial charge in [0.05, 0.1) is 10.0 Å². The number of benzene rings is 1. The van der Waals surface area contributed by atoms with Crippen molar-refractivity contribution >= 4 is 21.7 Å². The van der Waals surface area contributed by atoms with Crippen molar-refractivity contribution in [2.45, 2.75) is 20.3 Å². The molecule has 0 radical (unpaired) electrons. The Morgan fingerprint density at radius 3 is 2.85 bits per heavy atom. The zero-order chi connectivity index (χ0) is 14.5. The van der Waals surface area contributed by atoms with Crippen LogP contribution in [0.5, 0.6) is 11.6 Å². The largest absolute Gasteiger partial charge is 0.438 e. The van der Waals surface area contributed by atoms with E-state index in [0.717, 1.165) is 24.3 Å². The van der Waals surface area contributed by atoms with Gasteiger partial charge in [0, 0.05) is 12.6 Å². The summed E-state index contributed by atoms with van der Waals surface area (Å²) in [5.74, 6) is 1.17. The molecule has 0 aliphatic carbocycles. The summed E-state index contributed by atoms with van der Waals surface area (Å²) in [7, 11) is 0. The van der Waals surface area contributed by atoms with Crippen LogP contribution < -0.4 is 10.1 Å². The van der Waals surface area contributed by atoms with Gasteiger partial charge in [0.25, 0.3) is 0 Å². The molecule has 0 spiro atoms. The molecule has 0 aliphatic heterocycles. The maximum absolute atomic E-state index is 13.5. The Labute approximate surface area is 125 Å². The van der Waals surface area contributed by atoms with Crippen molar-refractivity contribution in [1.82, 2.24) is 9.97 Å². The van der Waals surface area contributed by atoms with Gasteiger partial charge < -0.3 is 10.1 Å². The lowest BCUT2D eigenvalue weighted by Crippen LogP contribution is -2.05. The molecule has 106 valence electrons. The average Bonchev–Trinajstić information content (AvgIpc) is 2.44. The summed E-state index contributed by atoms with van der Waals surface area (Å²) in [4.78, 5) is 8.25. The van der Waals surface area contributed by atoms with Crippen molar-refractivity contribution in [3.63, 3.8) is 0 Å². The summed E-state index contributed by atoms with van der Waals surface area (Å²) in [6.45, 7) is 4.76. The molecule has 1 heterocycles. The van der Waals surface area contributed by atoms with Crippen LogP contribution in [0.3, 0.4) is 0 Å². The van der Waals surface area contributed by atoms with E-state index in [2.05, 4.69) is 38.1 Å². The third-order valence-corrected chi connectivity index (χ3v) is 3.33. The third-order valence-electron chi connectivity index (χ3n) is 2.69. The average molecular weight is 340 g/mol. The quantitative estimate of drug-likeness (QED) is 0.882. The maximum atomic E-state index is 13.5. The molecule has 1 aromatic heterocycles. The highest BCUT2D eigenvalue weighted by molar-refractivity contribution is 9.10. The van der Waals surface area contributed by atoms with E-state index in [1.165, 1.54) is 12.4 Å². The molecule has 0 fully saturated rings. The van der Waals surface area contributed by atoms with E-state index in [-0.39, 0.29) is 5.82 Å². The van der Waals surface area contributed by atoms with Crippen molar-refractivity contribution in [3.05, 3.63) is 40.4 Å². The highest BCUT2D eigenvalue weighted by atomic mass is 79.9. The summed E-state index contributed by atoms with van der Waals surface area (Å²) < 4.78 is 19.5. The summed E-state index contributed by atoms with van der Waals surface area (Å²) in [6, 6.07) is 4.58. The second-order valence-electron chi connectivity index (χ2n) is 4.26. The number of anilines is 1. The van der Waals surface area contributed by atoms with Crippen LogP contribution in [0.15, 0.2) is 29.0 Å². The number of nitrogens with one attached hydrogen (secondary N) is 1. The Morgan fingerprint density at radius 2 is 2.15 bits per heavy atom. The summed E-state index contributed by atoms with van der Waals surface area (Å²) >= 11 is 3.10. The van der Waals surface area contributed by atoms with Gasteiger partial charge in [0.15, 0.2) is 0 Å². The van der Waals surface area contributed by atoms with Gasteiger partial charge in [0.2, 0.25) is 5.88 Å². The van der Waals surface area contributed by atoms with Gasteiger partial charge in [-0.15, -0.1) is 0 Å². The van der Waals surface area contributed by atoms with Gasteiger partial charge in [-0.25, -0.2) is 14.4 Å². The fraction of sp³-hybridized carbons (Fsp3) is 0.286. The molecule has 0 saturated carbocycles. The zero-order valence-corrected chi connectivity index (χ0v) is 12.9.